The van der Waals surface area contributed by atoms with Crippen LogP contribution in [0.2, 0.25) is 0 Å². The zero-order chi connectivity index (χ0) is 19.9. The maximum atomic E-state index is 12.5. The lowest BCUT2D eigenvalue weighted by atomic mass is 9.99. The van der Waals surface area contributed by atoms with E-state index in [0.29, 0.717) is 21.9 Å². The van der Waals surface area contributed by atoms with Gasteiger partial charge < -0.3 is 0 Å². The topological polar surface area (TPSA) is 126 Å². The molecular weight excluding hydrogens is 398 g/mol. The zero-order valence-corrected chi connectivity index (χ0v) is 16.5. The van der Waals surface area contributed by atoms with Gasteiger partial charge in [0.05, 0.1) is 19.5 Å². The summed E-state index contributed by atoms with van der Waals surface area (Å²) in [4.78, 5) is 4.75. The van der Waals surface area contributed by atoms with Gasteiger partial charge in [-0.1, -0.05) is 24.3 Å². The van der Waals surface area contributed by atoms with Gasteiger partial charge in [0, 0.05) is 11.6 Å². The fraction of sp³-hybridized carbons (Fsp3) is 0.222. The molecule has 0 bridgehead atoms. The fourth-order valence-corrected chi connectivity index (χ4v) is 5.11. The average molecular weight is 418 g/mol. The first-order valence-electron chi connectivity index (χ1n) is 8.59. The van der Waals surface area contributed by atoms with Crippen LogP contribution in [0.3, 0.4) is 0 Å². The first kappa shape index (κ1) is 18.9. The van der Waals surface area contributed by atoms with Crippen molar-refractivity contribution in [3.8, 4) is 11.1 Å². The van der Waals surface area contributed by atoms with Crippen molar-refractivity contribution in [1.29, 1.82) is 0 Å². The van der Waals surface area contributed by atoms with Crippen molar-refractivity contribution in [2.24, 2.45) is 20.4 Å². The molecule has 1 saturated carbocycles. The van der Waals surface area contributed by atoms with Crippen LogP contribution in [-0.4, -0.2) is 37.0 Å². The average Bonchev–Trinajstić information content (AvgIpc) is 3.28. The number of hydrogen-bond acceptors (Lipinski definition) is 6. The lowest BCUT2D eigenvalue weighted by molar-refractivity contribution is 0.581. The second-order valence-corrected chi connectivity index (χ2v) is 10.3. The van der Waals surface area contributed by atoms with Crippen LogP contribution >= 0.6 is 0 Å². The monoisotopic (exact) mass is 417 g/mol. The quantitative estimate of drug-likeness (QED) is 0.697. The summed E-state index contributed by atoms with van der Waals surface area (Å²) in [6.07, 6.45) is 1.74. The molecule has 28 heavy (non-hydrogen) atoms. The van der Waals surface area contributed by atoms with E-state index in [2.05, 4.69) is 25.8 Å². The van der Waals surface area contributed by atoms with Crippen molar-refractivity contribution in [2.75, 3.05) is 6.67 Å². The first-order chi connectivity index (χ1) is 13.3. The lowest BCUT2D eigenvalue weighted by Crippen LogP contribution is -2.25. The molecule has 0 amide bonds. The molecule has 0 aromatic heterocycles. The third-order valence-electron chi connectivity index (χ3n) is 4.45. The van der Waals surface area contributed by atoms with Gasteiger partial charge in [0.15, 0.2) is 12.5 Å². The van der Waals surface area contributed by atoms with E-state index >= 15 is 0 Å². The zero-order valence-electron chi connectivity index (χ0n) is 14.9. The molecule has 1 fully saturated rings. The lowest BCUT2D eigenvalue weighted by Gasteiger charge is -2.15. The highest BCUT2D eigenvalue weighted by Gasteiger charge is 2.28. The predicted molar refractivity (Wildman–Crippen MR) is 109 cm³/mol. The van der Waals surface area contributed by atoms with E-state index in [4.69, 9.17) is 5.14 Å². The number of benzene rings is 2. The summed E-state index contributed by atoms with van der Waals surface area (Å²) < 4.78 is 39.9. The minimum Gasteiger partial charge on any atom is -0.256 e. The number of aliphatic imine (C=N–C) groups is 1. The maximum absolute atomic E-state index is 12.5. The summed E-state index contributed by atoms with van der Waals surface area (Å²) in [5.74, 6) is 3.91. The molecule has 1 atom stereocenters. The predicted octanol–water partition coefficient (Wildman–Crippen LogP) is 1.91. The van der Waals surface area contributed by atoms with Crippen molar-refractivity contribution in [1.82, 2.24) is 4.72 Å². The van der Waals surface area contributed by atoms with Crippen molar-refractivity contribution in [3.05, 3.63) is 48.0 Å². The van der Waals surface area contributed by atoms with Gasteiger partial charge in [0.25, 0.3) is 0 Å². The van der Waals surface area contributed by atoms with Crippen LogP contribution in [0, 0.1) is 0 Å². The minimum absolute atomic E-state index is 0.0356. The Bertz CT molecular complexity index is 1200. The van der Waals surface area contributed by atoms with Crippen LogP contribution in [0.15, 0.2) is 67.5 Å². The summed E-state index contributed by atoms with van der Waals surface area (Å²) in [6, 6.07) is 11.7. The highest BCUT2D eigenvalue weighted by molar-refractivity contribution is 7.98. The smallest absolute Gasteiger partial charge is 0.240 e. The van der Waals surface area contributed by atoms with Crippen molar-refractivity contribution < 1.29 is 12.6 Å². The molecule has 0 radical (unpaired) electrons. The van der Waals surface area contributed by atoms with Gasteiger partial charge in [0.1, 0.15) is 0 Å². The molecule has 10 heteroatoms. The molecule has 2 aliphatic rings. The standard InChI is InChI=1S/C18H19N5O3S2/c1-27(19,24)16-4-2-3-15(17(16)18-20-11-21-22-18)12-5-9-14(10-6-12)28(25,26)23-13-7-8-13/h2-6,9-10,13,23H,1,7-8,11H2,(H2,19,24). The molecule has 0 spiro atoms. The number of nitrogens with one attached hydrogen (secondary N) is 1. The van der Waals surface area contributed by atoms with Crippen LogP contribution in [0.25, 0.3) is 11.1 Å². The van der Waals surface area contributed by atoms with Crippen LogP contribution in [0.1, 0.15) is 18.4 Å². The molecular formula is C18H19N5O3S2. The van der Waals surface area contributed by atoms with Gasteiger partial charge in [-0.2, -0.15) is 5.11 Å². The fourth-order valence-electron chi connectivity index (χ4n) is 2.95. The number of azo groups is 1. The van der Waals surface area contributed by atoms with Crippen LogP contribution in [0.5, 0.6) is 0 Å². The van der Waals surface area contributed by atoms with Crippen LogP contribution in [0.4, 0.5) is 0 Å². The Hall–Kier alpha value is -2.40. The van der Waals surface area contributed by atoms with Crippen molar-refractivity contribution >= 4 is 31.4 Å². The minimum atomic E-state index is -3.54. The van der Waals surface area contributed by atoms with Gasteiger partial charge in [-0.3, -0.25) is 5.14 Å². The molecule has 8 nitrogen and oxygen atoms in total. The number of rotatable bonds is 6. The van der Waals surface area contributed by atoms with E-state index in [1.54, 1.807) is 36.4 Å². The molecule has 2 aromatic rings. The largest absolute Gasteiger partial charge is 0.256 e. The van der Waals surface area contributed by atoms with Gasteiger partial charge >= 0.3 is 0 Å². The summed E-state index contributed by atoms with van der Waals surface area (Å²) in [7, 11) is -6.56. The summed E-state index contributed by atoms with van der Waals surface area (Å²) in [5, 5.41) is 13.7. The van der Waals surface area contributed by atoms with Gasteiger partial charge in [-0.25, -0.2) is 22.3 Å². The second-order valence-electron chi connectivity index (χ2n) is 6.69. The maximum Gasteiger partial charge on any atom is 0.240 e. The number of amidine groups is 1. The van der Waals surface area contributed by atoms with E-state index in [9.17, 15) is 12.6 Å². The Morgan fingerprint density at radius 2 is 1.79 bits per heavy atom. The summed E-state index contributed by atoms with van der Waals surface area (Å²) >= 11 is 0. The molecule has 0 saturated heterocycles. The second kappa shape index (κ2) is 6.89. The molecule has 1 aliphatic heterocycles. The Morgan fingerprint density at radius 3 is 2.36 bits per heavy atom. The molecule has 3 N–H and O–H groups in total. The van der Waals surface area contributed by atoms with Crippen LogP contribution < -0.4 is 9.86 Å². The molecule has 146 valence electrons. The SMILES string of the molecule is C=S(N)(=O)c1cccc(-c2ccc(S(=O)(=O)NC3CC3)cc2)c1C1=NCN=N1. The van der Waals surface area contributed by atoms with E-state index in [1.807, 2.05) is 6.07 Å². The molecule has 2 aromatic carbocycles. The summed E-state index contributed by atoms with van der Waals surface area (Å²) in [6.45, 7) is 0.191. The van der Waals surface area contributed by atoms with Gasteiger partial charge in [-0.15, -0.1) is 5.11 Å². The number of nitrogens with two attached hydrogens (primary N) is 1. The molecule has 1 unspecified atom stereocenters. The Balaban J connectivity index is 1.80. The first-order valence-corrected chi connectivity index (χ1v) is 11.9. The number of hydrogen-bond donors (Lipinski definition) is 2. The van der Waals surface area contributed by atoms with Crippen LogP contribution in [-0.2, 0) is 19.7 Å². The number of sulfonamides is 1. The Labute approximate surface area is 163 Å². The van der Waals surface area contributed by atoms with Crippen molar-refractivity contribution in [3.63, 3.8) is 0 Å². The highest BCUT2D eigenvalue weighted by Crippen LogP contribution is 2.31. The molecule has 1 heterocycles. The third kappa shape index (κ3) is 3.76. The normalized spacial score (nSPS) is 18.7. The van der Waals surface area contributed by atoms with E-state index in [0.717, 1.165) is 18.4 Å². The van der Waals surface area contributed by atoms with E-state index in [1.165, 1.54) is 0 Å². The Kier molecular flexibility index (Phi) is 4.66. The molecule has 1 aliphatic carbocycles. The van der Waals surface area contributed by atoms with Gasteiger partial charge in [0.2, 0.25) is 10.0 Å². The number of nitrogens with zero attached hydrogens (tertiary/aromatic N) is 3. The Morgan fingerprint density at radius 1 is 1.07 bits per heavy atom. The van der Waals surface area contributed by atoms with Crippen molar-refractivity contribution in [2.45, 2.75) is 28.7 Å². The van der Waals surface area contributed by atoms with E-state index < -0.39 is 19.7 Å². The van der Waals surface area contributed by atoms with Gasteiger partial charge in [-0.05, 0) is 48.0 Å². The van der Waals surface area contributed by atoms with E-state index in [-0.39, 0.29) is 17.6 Å². The molecule has 4 rings (SSSR count). The summed E-state index contributed by atoms with van der Waals surface area (Å²) in [5.41, 5.74) is 1.90. The third-order valence-corrected chi connectivity index (χ3v) is 7.07. The highest BCUT2D eigenvalue weighted by atomic mass is 32.2.